The second kappa shape index (κ2) is 11.2. The first-order valence-electron chi connectivity index (χ1n) is 14.3. The lowest BCUT2D eigenvalue weighted by Crippen LogP contribution is -2.46. The number of hydrogen-bond acceptors (Lipinski definition) is 4. The summed E-state index contributed by atoms with van der Waals surface area (Å²) in [5.74, 6) is -0.208. The van der Waals surface area contributed by atoms with E-state index in [9.17, 15) is 18.0 Å². The molecule has 1 saturated carbocycles. The van der Waals surface area contributed by atoms with Crippen LogP contribution in [0.3, 0.4) is 0 Å². The molecule has 1 aromatic heterocycles. The van der Waals surface area contributed by atoms with E-state index in [0.29, 0.717) is 22.0 Å². The van der Waals surface area contributed by atoms with Gasteiger partial charge in [0, 0.05) is 56.9 Å². The Hall–Kier alpha value is -3.43. The number of alkyl halides is 3. The number of fused-ring (bicyclic) bond motifs is 1. The molecule has 0 unspecified atom stereocenters. The van der Waals surface area contributed by atoms with Crippen LogP contribution in [-0.4, -0.2) is 47.8 Å². The minimum Gasteiger partial charge on any atom is -0.368 e. The number of benzene rings is 3. The van der Waals surface area contributed by atoms with Crippen LogP contribution in [-0.2, 0) is 24.8 Å². The molecule has 2 heterocycles. The topological polar surface area (TPSA) is 53.4 Å². The third kappa shape index (κ3) is 5.77. The minimum absolute atomic E-state index is 0.0144. The van der Waals surface area contributed by atoms with Crippen molar-refractivity contribution in [1.82, 2.24) is 14.9 Å². The number of aromatic nitrogens is 2. The number of piperazine rings is 1. The molecule has 6 rings (SSSR count). The predicted octanol–water partition coefficient (Wildman–Crippen LogP) is 7.06. The molecule has 0 spiro atoms. The Labute approximate surface area is 258 Å². The summed E-state index contributed by atoms with van der Waals surface area (Å²) in [7, 11) is 1.95. The molecule has 3 aromatic carbocycles. The summed E-state index contributed by atoms with van der Waals surface area (Å²) >= 11 is 13.3. The summed E-state index contributed by atoms with van der Waals surface area (Å²) in [4.78, 5) is 21.8. The number of nitrogens with one attached hydrogen (secondary N) is 1. The van der Waals surface area contributed by atoms with Gasteiger partial charge in [-0.1, -0.05) is 53.0 Å². The lowest BCUT2D eigenvalue weighted by Gasteiger charge is -2.37. The van der Waals surface area contributed by atoms with Crippen LogP contribution < -0.4 is 15.1 Å². The number of carbonyl (C=O) groups excluding carboxylic acids is 1. The fraction of sp³-hybridized carbons (Fsp3) is 0.375. The molecule has 43 heavy (non-hydrogen) atoms. The highest BCUT2D eigenvalue weighted by molar-refractivity contribution is 6.34. The molecule has 1 amide bonds. The maximum Gasteiger partial charge on any atom is 0.403 e. The van der Waals surface area contributed by atoms with Crippen molar-refractivity contribution in [3.8, 4) is 0 Å². The van der Waals surface area contributed by atoms with Crippen LogP contribution >= 0.6 is 23.2 Å². The zero-order valence-electron chi connectivity index (χ0n) is 23.9. The van der Waals surface area contributed by atoms with Gasteiger partial charge in [-0.15, -0.1) is 0 Å². The van der Waals surface area contributed by atoms with Crippen LogP contribution in [0.15, 0.2) is 54.6 Å². The first-order valence-corrected chi connectivity index (χ1v) is 15.0. The molecule has 1 N–H and O–H groups in total. The second-order valence-corrected chi connectivity index (χ2v) is 12.4. The highest BCUT2D eigenvalue weighted by Gasteiger charge is 2.68. The smallest absolute Gasteiger partial charge is 0.368 e. The van der Waals surface area contributed by atoms with Gasteiger partial charge in [-0.2, -0.15) is 13.2 Å². The largest absolute Gasteiger partial charge is 0.403 e. The number of amides is 1. The second-order valence-electron chi connectivity index (χ2n) is 11.6. The van der Waals surface area contributed by atoms with Crippen molar-refractivity contribution >= 4 is 51.5 Å². The van der Waals surface area contributed by atoms with Gasteiger partial charge in [0.15, 0.2) is 0 Å². The summed E-state index contributed by atoms with van der Waals surface area (Å²) in [5.41, 5.74) is 4.33. The van der Waals surface area contributed by atoms with Crippen LogP contribution in [0, 0.1) is 12.3 Å². The van der Waals surface area contributed by atoms with Gasteiger partial charge in [0.2, 0.25) is 5.91 Å². The molecular formula is C32H32Cl2F3N5O. The quantitative estimate of drug-likeness (QED) is 0.238. The van der Waals surface area contributed by atoms with Crippen molar-refractivity contribution in [2.24, 2.45) is 12.5 Å². The molecule has 2 fully saturated rings. The van der Waals surface area contributed by atoms with Crippen molar-refractivity contribution < 1.29 is 18.0 Å². The third-order valence-corrected chi connectivity index (χ3v) is 9.37. The number of nitrogens with zero attached hydrogens (tertiary/aromatic N) is 4. The Balaban J connectivity index is 1.16. The zero-order valence-corrected chi connectivity index (χ0v) is 25.5. The lowest BCUT2D eigenvalue weighted by atomic mass is 10.0. The van der Waals surface area contributed by atoms with Gasteiger partial charge in [-0.25, -0.2) is 4.98 Å². The van der Waals surface area contributed by atoms with Gasteiger partial charge in [-0.05, 0) is 61.2 Å². The van der Waals surface area contributed by atoms with Crippen LogP contribution in [0.5, 0.6) is 0 Å². The van der Waals surface area contributed by atoms with Crippen molar-refractivity contribution in [2.45, 2.75) is 38.9 Å². The molecule has 0 atom stereocenters. The van der Waals surface area contributed by atoms with E-state index in [1.807, 2.05) is 17.7 Å². The normalized spacial score (nSPS) is 16.5. The molecule has 2 aliphatic rings. The molecule has 226 valence electrons. The summed E-state index contributed by atoms with van der Waals surface area (Å²) < 4.78 is 41.9. The van der Waals surface area contributed by atoms with Crippen molar-refractivity contribution in [3.63, 3.8) is 0 Å². The van der Waals surface area contributed by atoms with Gasteiger partial charge in [0.25, 0.3) is 0 Å². The molecule has 1 saturated heterocycles. The average molecular weight is 631 g/mol. The average Bonchev–Trinajstić information content (AvgIpc) is 3.75. The first-order chi connectivity index (χ1) is 20.4. The summed E-state index contributed by atoms with van der Waals surface area (Å²) in [5, 5.41) is 3.62. The van der Waals surface area contributed by atoms with Gasteiger partial charge in [0.05, 0.1) is 21.7 Å². The number of rotatable bonds is 7. The third-order valence-electron chi connectivity index (χ3n) is 8.70. The molecule has 1 aliphatic heterocycles. The van der Waals surface area contributed by atoms with E-state index in [0.717, 1.165) is 54.3 Å². The molecule has 6 nitrogen and oxygen atoms in total. The Morgan fingerprint density at radius 1 is 0.953 bits per heavy atom. The van der Waals surface area contributed by atoms with Crippen LogP contribution in [0.4, 0.5) is 24.5 Å². The fourth-order valence-corrected chi connectivity index (χ4v) is 6.23. The highest BCUT2D eigenvalue weighted by Crippen LogP contribution is 2.57. The first kappa shape index (κ1) is 29.6. The molecule has 11 heteroatoms. The Bertz CT molecular complexity index is 1670. The van der Waals surface area contributed by atoms with E-state index in [1.165, 1.54) is 11.3 Å². The fourth-order valence-electron chi connectivity index (χ4n) is 5.77. The number of hydrogen-bond donors (Lipinski definition) is 1. The van der Waals surface area contributed by atoms with Crippen molar-refractivity contribution in [2.75, 3.05) is 36.0 Å². The van der Waals surface area contributed by atoms with Crippen LogP contribution in [0.2, 0.25) is 10.0 Å². The van der Waals surface area contributed by atoms with E-state index in [4.69, 9.17) is 28.2 Å². The Morgan fingerprint density at radius 3 is 2.28 bits per heavy atom. The molecule has 0 bridgehead atoms. The van der Waals surface area contributed by atoms with E-state index < -0.39 is 17.5 Å². The summed E-state index contributed by atoms with van der Waals surface area (Å²) in [6.07, 6.45) is -4.48. The van der Waals surface area contributed by atoms with E-state index in [1.54, 1.807) is 18.2 Å². The van der Waals surface area contributed by atoms with Gasteiger partial charge in [-0.3, -0.25) is 4.79 Å². The van der Waals surface area contributed by atoms with Crippen molar-refractivity contribution in [1.29, 1.82) is 0 Å². The van der Waals surface area contributed by atoms with Gasteiger partial charge in [0.1, 0.15) is 11.2 Å². The van der Waals surface area contributed by atoms with Gasteiger partial charge < -0.3 is 19.7 Å². The predicted molar refractivity (Wildman–Crippen MR) is 165 cm³/mol. The van der Waals surface area contributed by atoms with E-state index in [-0.39, 0.29) is 19.4 Å². The summed E-state index contributed by atoms with van der Waals surface area (Å²) in [6.45, 7) is 5.53. The Morgan fingerprint density at radius 2 is 1.63 bits per heavy atom. The lowest BCUT2D eigenvalue weighted by molar-refractivity contribution is -0.192. The van der Waals surface area contributed by atoms with Crippen molar-refractivity contribution in [3.05, 3.63) is 87.2 Å². The maximum absolute atomic E-state index is 13.3. The molecular weight excluding hydrogens is 598 g/mol. The molecule has 4 aromatic rings. The highest BCUT2D eigenvalue weighted by atomic mass is 35.5. The maximum atomic E-state index is 13.3. The molecule has 0 radical (unpaired) electrons. The number of aryl methyl sites for hydroxylation is 2. The Kier molecular flexibility index (Phi) is 7.75. The van der Waals surface area contributed by atoms with Crippen LogP contribution in [0.25, 0.3) is 11.0 Å². The van der Waals surface area contributed by atoms with Crippen LogP contribution in [0.1, 0.15) is 35.4 Å². The standard InChI is InChI=1S/C32H32Cl2F3N5O/c1-20-3-6-23(7-4-20)41-11-13-42(14-12-41)27-18-28-26(17-25(27)34)39-29(40(28)2)16-22-15-21(5-8-24(22)33)19-38-30(43)31(9-10-31)32(35,36)37/h3-8,15,17-18H,9-14,16,19H2,1-2H3,(H,38,43). The number of imidazole rings is 1. The number of carbonyl (C=O) groups is 1. The van der Waals surface area contributed by atoms with E-state index in [2.05, 4.69) is 52.4 Å². The minimum atomic E-state index is -4.54. The molecule has 1 aliphatic carbocycles. The summed E-state index contributed by atoms with van der Waals surface area (Å²) in [6, 6.07) is 17.8. The monoisotopic (exact) mass is 629 g/mol. The zero-order chi connectivity index (χ0) is 30.5. The van der Waals surface area contributed by atoms with Gasteiger partial charge >= 0.3 is 6.18 Å². The van der Waals surface area contributed by atoms with E-state index >= 15 is 0 Å². The number of halogens is 5. The SMILES string of the molecule is Cc1ccc(N2CCN(c3cc4c(cc3Cl)nc(Cc3cc(CNC(=O)C5(C(F)(F)F)CC5)ccc3Cl)n4C)CC2)cc1. The number of anilines is 2.